The van der Waals surface area contributed by atoms with Gasteiger partial charge in [-0.15, -0.1) is 0 Å². The average Bonchev–Trinajstić information content (AvgIpc) is 2.58. The molecule has 0 aromatic rings. The summed E-state index contributed by atoms with van der Waals surface area (Å²) in [5, 5.41) is 0. The number of rotatable bonds is 2. The Kier molecular flexibility index (Phi) is 6.55. The normalized spacial score (nSPS) is 37.1. The number of hydrogen-bond donors (Lipinski definition) is 0. The molecule has 0 N–H and O–H groups in total. The Bertz CT molecular complexity index is 527. The van der Waals surface area contributed by atoms with E-state index in [2.05, 4.69) is 86.3 Å². The van der Waals surface area contributed by atoms with E-state index < -0.39 is 15.5 Å². The van der Waals surface area contributed by atoms with E-state index >= 15 is 0 Å². The Morgan fingerprint density at radius 2 is 0.885 bits per heavy atom. The van der Waals surface area contributed by atoms with Crippen LogP contribution in [0.1, 0.15) is 0 Å². The fourth-order valence-electron chi connectivity index (χ4n) is 4.78. The average molecular weight is 481 g/mol. The lowest BCUT2D eigenvalue weighted by molar-refractivity contribution is 0.650. The van der Waals surface area contributed by atoms with Crippen molar-refractivity contribution >= 4 is 65.4 Å². The van der Waals surface area contributed by atoms with Crippen molar-refractivity contribution < 1.29 is 0 Å². The van der Waals surface area contributed by atoms with Crippen LogP contribution in [0.25, 0.3) is 0 Å². The minimum absolute atomic E-state index is 0.0308. The highest BCUT2D eigenvalue weighted by Gasteiger charge is 2.49. The van der Waals surface area contributed by atoms with Crippen molar-refractivity contribution in [2.45, 2.75) is 75.0 Å². The van der Waals surface area contributed by atoms with Crippen LogP contribution < -0.4 is 0 Å². The molecule has 142 valence electrons. The van der Waals surface area contributed by atoms with Crippen molar-refractivity contribution in [2.75, 3.05) is 0 Å². The largest absolute Gasteiger partial charge is 0.381 e. The summed E-state index contributed by atoms with van der Waals surface area (Å²) in [6.07, 6.45) is 10.2. The van der Waals surface area contributed by atoms with Crippen LogP contribution in [-0.4, -0.2) is 74.5 Å². The van der Waals surface area contributed by atoms with Gasteiger partial charge in [-0.2, -0.15) is 0 Å². The lowest BCUT2D eigenvalue weighted by atomic mass is 10.7. The van der Waals surface area contributed by atoms with E-state index in [4.69, 9.17) is 0 Å². The van der Waals surface area contributed by atoms with Gasteiger partial charge >= 0.3 is 0 Å². The lowest BCUT2D eigenvalue weighted by Crippen LogP contribution is -2.68. The molecule has 3 aliphatic heterocycles. The highest BCUT2D eigenvalue weighted by atomic mass is 29.3. The SMILES string of the molecule is C[Si]1C[Si](C)[Si](C)(N2C=CN([Si]3(C)C[Si](C)[Si](C)C[Si]3C)C=C2)C[Si]1C. The van der Waals surface area contributed by atoms with Gasteiger partial charge in [0.1, 0.15) is 15.5 Å². The van der Waals surface area contributed by atoms with Gasteiger partial charge in [0.05, 0.1) is 16.6 Å². The van der Waals surface area contributed by atoms with Gasteiger partial charge in [0.2, 0.25) is 0 Å². The van der Waals surface area contributed by atoms with Crippen LogP contribution in [0.4, 0.5) is 0 Å². The van der Waals surface area contributed by atoms with Crippen molar-refractivity contribution in [3.63, 3.8) is 0 Å². The van der Waals surface area contributed by atoms with Crippen LogP contribution >= 0.6 is 0 Å². The summed E-state index contributed by atoms with van der Waals surface area (Å²) < 4.78 is 5.57. The predicted molar refractivity (Wildman–Crippen MR) is 134 cm³/mol. The maximum atomic E-state index is 2.79. The Morgan fingerprint density at radius 3 is 1.19 bits per heavy atom. The second-order valence-electron chi connectivity index (χ2n) is 9.35. The Labute approximate surface area is 173 Å². The maximum Gasteiger partial charge on any atom is 0.141 e. The zero-order valence-electron chi connectivity index (χ0n) is 18.0. The molecule has 2 atom stereocenters. The minimum atomic E-state index is -1.25. The summed E-state index contributed by atoms with van der Waals surface area (Å²) >= 11 is 0. The zero-order valence-corrected chi connectivity index (χ0v) is 26.0. The molecule has 0 aromatic heterocycles. The summed E-state index contributed by atoms with van der Waals surface area (Å²) in [6.45, 7) is 21.4. The second kappa shape index (κ2) is 7.92. The first kappa shape index (κ1) is 21.5. The van der Waals surface area contributed by atoms with Gasteiger partial charge in [-0.05, 0) is 11.3 Å². The Morgan fingerprint density at radius 1 is 0.577 bits per heavy atom. The van der Waals surface area contributed by atoms with Gasteiger partial charge in [0.25, 0.3) is 0 Å². The first-order chi connectivity index (χ1) is 12.1. The molecule has 0 amide bonds. The van der Waals surface area contributed by atoms with Crippen LogP contribution in [0.15, 0.2) is 24.8 Å². The van der Waals surface area contributed by atoms with Crippen molar-refractivity contribution in [3.8, 4) is 0 Å². The molecule has 26 heavy (non-hydrogen) atoms. The number of nitrogens with zero attached hydrogens (tertiary/aromatic N) is 2. The Balaban J connectivity index is 1.75. The van der Waals surface area contributed by atoms with Crippen LogP contribution in [0.2, 0.25) is 75.0 Å². The zero-order chi connectivity index (χ0) is 19.3. The molecule has 0 bridgehead atoms. The molecule has 3 rings (SSSR count). The molecule has 3 aliphatic rings. The standard InChI is InChI=1S/C16H36N2Si8/c1-19-13-23(5)25(7,15-21(19)3)17-9-11-18(12-10-17)26(8)16-22(4)20(2)14-24(26)6/h9-12H,13-16H2,1-8H3. The van der Waals surface area contributed by atoms with Crippen molar-refractivity contribution in [2.24, 2.45) is 0 Å². The third-order valence-electron chi connectivity index (χ3n) is 7.49. The smallest absolute Gasteiger partial charge is 0.141 e. The highest BCUT2D eigenvalue weighted by molar-refractivity contribution is 7.46. The lowest BCUT2D eigenvalue weighted by Gasteiger charge is -2.51. The molecule has 3 heterocycles. The number of hydrogen-bond acceptors (Lipinski definition) is 2. The van der Waals surface area contributed by atoms with E-state index in [1.165, 1.54) is 0 Å². The van der Waals surface area contributed by atoms with Gasteiger partial charge < -0.3 is 9.13 Å². The van der Waals surface area contributed by atoms with Crippen LogP contribution in [0.3, 0.4) is 0 Å². The molecular formula is C16H36N2Si8. The molecule has 0 aliphatic carbocycles. The van der Waals surface area contributed by atoms with E-state index in [9.17, 15) is 0 Å². The van der Waals surface area contributed by atoms with Gasteiger partial charge in [-0.3, -0.25) is 0 Å². The molecule has 0 aromatic carbocycles. The highest BCUT2D eigenvalue weighted by Crippen LogP contribution is 2.34. The fourth-order valence-corrected chi connectivity index (χ4v) is 87.2. The third-order valence-corrected chi connectivity index (χ3v) is 69.2. The molecule has 2 fully saturated rings. The van der Waals surface area contributed by atoms with Gasteiger partial charge in [-0.1, -0.05) is 63.7 Å². The summed E-state index contributed by atoms with van der Waals surface area (Å²) in [6, 6.07) is 0. The summed E-state index contributed by atoms with van der Waals surface area (Å²) in [5.41, 5.74) is 6.62. The van der Waals surface area contributed by atoms with E-state index in [0.29, 0.717) is 0 Å². The molecule has 6 radical (unpaired) electrons. The quantitative estimate of drug-likeness (QED) is 0.552. The molecule has 2 saturated heterocycles. The molecule has 2 unspecified atom stereocenters. The van der Waals surface area contributed by atoms with Crippen molar-refractivity contribution in [1.29, 1.82) is 0 Å². The van der Waals surface area contributed by atoms with E-state index in [0.717, 1.165) is 0 Å². The van der Waals surface area contributed by atoms with Crippen LogP contribution in [0.5, 0.6) is 0 Å². The van der Waals surface area contributed by atoms with Gasteiger partial charge in [0.15, 0.2) is 0 Å². The second-order valence-corrected chi connectivity index (χ2v) is 52.3. The summed E-state index contributed by atoms with van der Waals surface area (Å²) in [7, 11) is -2.81. The van der Waals surface area contributed by atoms with Crippen molar-refractivity contribution in [3.05, 3.63) is 24.8 Å². The maximum absolute atomic E-state index is 2.79. The molecule has 0 saturated carbocycles. The van der Waals surface area contributed by atoms with E-state index in [1.54, 1.807) is 22.7 Å². The molecule has 0 spiro atoms. The van der Waals surface area contributed by atoms with Crippen LogP contribution in [-0.2, 0) is 0 Å². The first-order valence-electron chi connectivity index (χ1n) is 9.98. The molecule has 2 nitrogen and oxygen atoms in total. The van der Waals surface area contributed by atoms with Gasteiger partial charge in [0, 0.05) is 58.1 Å². The van der Waals surface area contributed by atoms with E-state index in [-0.39, 0.29) is 49.9 Å². The Hall–Kier alpha value is 0.815. The fraction of sp³-hybridized carbons (Fsp3) is 0.750. The van der Waals surface area contributed by atoms with Gasteiger partial charge in [-0.25, -0.2) is 0 Å². The molecule has 10 heteroatoms. The minimum Gasteiger partial charge on any atom is -0.381 e. The summed E-state index contributed by atoms with van der Waals surface area (Å²) in [5.74, 6) is 0. The monoisotopic (exact) mass is 480 g/mol. The van der Waals surface area contributed by atoms with Crippen molar-refractivity contribution in [1.82, 2.24) is 9.13 Å². The van der Waals surface area contributed by atoms with Crippen LogP contribution in [0, 0.1) is 0 Å². The molecular weight excluding hydrogens is 445 g/mol. The first-order valence-corrected chi connectivity index (χ1v) is 32.5. The topological polar surface area (TPSA) is 6.48 Å². The summed E-state index contributed by atoms with van der Waals surface area (Å²) in [4.78, 5) is 0. The van der Waals surface area contributed by atoms with E-state index in [1.807, 2.05) is 0 Å². The predicted octanol–water partition coefficient (Wildman–Crippen LogP) is 3.94. The third kappa shape index (κ3) is 3.81.